The van der Waals surface area contributed by atoms with Gasteiger partial charge in [0.2, 0.25) is 5.91 Å². The number of ether oxygens (including phenoxy) is 2. The van der Waals surface area contributed by atoms with E-state index in [0.29, 0.717) is 29.2 Å². The standard InChI is InChI=1S/C35H41NO6/c1-23(2)18-29(31(37)19-28(22-35(39)40)27-14-17-32(41-4)33(20-27)42-5)21-34(38)36-30-15-11-25(12-16-30)10-13-26-9-7-6-8-24(26)3/h6-17,20,23,28-29H,18-19,21-22H2,1-5H3,(H,36,38)(H,39,40)/t28-,29?/m0/s1. The number of aliphatic carboxylic acids is 1. The summed E-state index contributed by atoms with van der Waals surface area (Å²) in [5, 5.41) is 12.5. The highest BCUT2D eigenvalue weighted by molar-refractivity contribution is 5.95. The third-order valence-electron chi connectivity index (χ3n) is 7.23. The number of benzene rings is 3. The van der Waals surface area contributed by atoms with Crippen molar-refractivity contribution >= 4 is 35.5 Å². The lowest BCUT2D eigenvalue weighted by molar-refractivity contribution is -0.137. The number of ketones is 1. The van der Waals surface area contributed by atoms with E-state index < -0.39 is 17.8 Å². The predicted octanol–water partition coefficient (Wildman–Crippen LogP) is 7.39. The SMILES string of the molecule is COc1ccc([C@H](CC(=O)O)CC(=O)C(CC(=O)Nc2ccc(C=Cc3ccccc3C)cc2)CC(C)C)cc1OC. The summed E-state index contributed by atoms with van der Waals surface area (Å²) in [6.07, 6.45) is 4.43. The predicted molar refractivity (Wildman–Crippen MR) is 167 cm³/mol. The quantitative estimate of drug-likeness (QED) is 0.184. The lowest BCUT2D eigenvalue weighted by Gasteiger charge is -2.22. The Hall–Kier alpha value is -4.39. The lowest BCUT2D eigenvalue weighted by atomic mass is 9.82. The molecule has 0 saturated heterocycles. The zero-order valence-corrected chi connectivity index (χ0v) is 25.1. The first kappa shape index (κ1) is 32.1. The number of Topliss-reactive ketones (excluding diaryl/α,β-unsaturated/α-hetero) is 1. The van der Waals surface area contributed by atoms with E-state index in [4.69, 9.17) is 9.47 Å². The molecule has 0 aromatic heterocycles. The van der Waals surface area contributed by atoms with Crippen molar-refractivity contribution in [3.8, 4) is 11.5 Å². The molecule has 0 aliphatic rings. The van der Waals surface area contributed by atoms with Gasteiger partial charge in [-0.2, -0.15) is 0 Å². The van der Waals surface area contributed by atoms with Gasteiger partial charge >= 0.3 is 5.97 Å². The van der Waals surface area contributed by atoms with E-state index in [1.165, 1.54) is 19.8 Å². The van der Waals surface area contributed by atoms with Gasteiger partial charge in [-0.25, -0.2) is 0 Å². The number of amides is 1. The van der Waals surface area contributed by atoms with Crippen molar-refractivity contribution in [2.24, 2.45) is 11.8 Å². The zero-order valence-electron chi connectivity index (χ0n) is 25.1. The highest BCUT2D eigenvalue weighted by atomic mass is 16.5. The summed E-state index contributed by atoms with van der Waals surface area (Å²) in [6.45, 7) is 6.08. The molecule has 7 heteroatoms. The number of rotatable bonds is 15. The van der Waals surface area contributed by atoms with Crippen LogP contribution in [0.4, 0.5) is 5.69 Å². The van der Waals surface area contributed by atoms with Gasteiger partial charge in [0.1, 0.15) is 5.78 Å². The molecule has 0 radical (unpaired) electrons. The summed E-state index contributed by atoms with van der Waals surface area (Å²) < 4.78 is 10.7. The Labute approximate surface area is 248 Å². The Morgan fingerprint density at radius 1 is 0.857 bits per heavy atom. The van der Waals surface area contributed by atoms with Crippen LogP contribution >= 0.6 is 0 Å². The van der Waals surface area contributed by atoms with E-state index in [1.54, 1.807) is 18.2 Å². The summed E-state index contributed by atoms with van der Waals surface area (Å²) >= 11 is 0. The van der Waals surface area contributed by atoms with Gasteiger partial charge in [-0.05, 0) is 65.8 Å². The minimum absolute atomic E-state index is 0.00830. The van der Waals surface area contributed by atoms with E-state index in [2.05, 4.69) is 30.4 Å². The van der Waals surface area contributed by atoms with Crippen LogP contribution < -0.4 is 14.8 Å². The molecule has 2 N–H and O–H groups in total. The number of carboxylic acid groups (broad SMARTS) is 1. The largest absolute Gasteiger partial charge is 0.493 e. The third kappa shape index (κ3) is 9.61. The van der Waals surface area contributed by atoms with Crippen molar-refractivity contribution in [2.45, 2.75) is 52.4 Å². The lowest BCUT2D eigenvalue weighted by Crippen LogP contribution is -2.25. The molecule has 0 fully saturated rings. The molecule has 0 aliphatic carbocycles. The molecule has 0 saturated carbocycles. The third-order valence-corrected chi connectivity index (χ3v) is 7.23. The van der Waals surface area contributed by atoms with Gasteiger partial charge in [-0.1, -0.05) is 68.5 Å². The topological polar surface area (TPSA) is 102 Å². The molecule has 0 bridgehead atoms. The minimum Gasteiger partial charge on any atom is -0.493 e. The number of carboxylic acids is 1. The Balaban J connectivity index is 1.69. The van der Waals surface area contributed by atoms with E-state index in [9.17, 15) is 19.5 Å². The second-order valence-corrected chi connectivity index (χ2v) is 11.0. The monoisotopic (exact) mass is 571 g/mol. The van der Waals surface area contributed by atoms with Crippen LogP contribution in [0.2, 0.25) is 0 Å². The number of hydrogen-bond donors (Lipinski definition) is 2. The van der Waals surface area contributed by atoms with Crippen molar-refractivity contribution in [2.75, 3.05) is 19.5 Å². The molecule has 42 heavy (non-hydrogen) atoms. The number of aryl methyl sites for hydroxylation is 1. The van der Waals surface area contributed by atoms with Gasteiger partial charge in [0.15, 0.2) is 11.5 Å². The van der Waals surface area contributed by atoms with Crippen LogP contribution in [0.1, 0.15) is 67.7 Å². The van der Waals surface area contributed by atoms with Crippen molar-refractivity contribution < 1.29 is 29.0 Å². The summed E-state index contributed by atoms with van der Waals surface area (Å²) in [4.78, 5) is 38.2. The fourth-order valence-corrected chi connectivity index (χ4v) is 5.01. The highest BCUT2D eigenvalue weighted by Gasteiger charge is 2.28. The number of carbonyl (C=O) groups excluding carboxylic acids is 2. The van der Waals surface area contributed by atoms with Gasteiger partial charge < -0.3 is 19.9 Å². The number of hydrogen-bond acceptors (Lipinski definition) is 5. The Kier molecular flexibility index (Phi) is 11.9. The zero-order chi connectivity index (χ0) is 30.6. The summed E-state index contributed by atoms with van der Waals surface area (Å²) in [7, 11) is 3.03. The molecule has 3 aromatic rings. The van der Waals surface area contributed by atoms with Crippen molar-refractivity contribution in [1.82, 2.24) is 0 Å². The van der Waals surface area contributed by atoms with Crippen LogP contribution in [0.25, 0.3) is 12.2 Å². The molecule has 7 nitrogen and oxygen atoms in total. The fraction of sp³-hybridized carbons (Fsp3) is 0.343. The van der Waals surface area contributed by atoms with Crippen molar-refractivity contribution in [1.29, 1.82) is 0 Å². The maximum Gasteiger partial charge on any atom is 0.303 e. The van der Waals surface area contributed by atoms with Gasteiger partial charge in [-0.15, -0.1) is 0 Å². The number of methoxy groups -OCH3 is 2. The average Bonchev–Trinajstić information content (AvgIpc) is 2.96. The molecule has 222 valence electrons. The van der Waals surface area contributed by atoms with Gasteiger partial charge in [0.25, 0.3) is 0 Å². The molecule has 0 aliphatic heterocycles. The normalized spacial score (nSPS) is 12.6. The summed E-state index contributed by atoms with van der Waals surface area (Å²) in [6, 6.07) is 20.9. The molecular weight excluding hydrogens is 530 g/mol. The van der Waals surface area contributed by atoms with Crippen molar-refractivity contribution in [3.63, 3.8) is 0 Å². The van der Waals surface area contributed by atoms with Gasteiger partial charge in [0, 0.05) is 30.4 Å². The second-order valence-electron chi connectivity index (χ2n) is 11.0. The molecule has 1 unspecified atom stereocenters. The molecule has 2 atom stereocenters. The van der Waals surface area contributed by atoms with E-state index >= 15 is 0 Å². The Morgan fingerprint density at radius 3 is 2.17 bits per heavy atom. The number of anilines is 1. The van der Waals surface area contributed by atoms with Gasteiger partial charge in [-0.3, -0.25) is 14.4 Å². The van der Waals surface area contributed by atoms with Crippen LogP contribution in [0.3, 0.4) is 0 Å². The Bertz CT molecular complexity index is 1390. The van der Waals surface area contributed by atoms with Crippen LogP contribution in [-0.4, -0.2) is 37.0 Å². The smallest absolute Gasteiger partial charge is 0.303 e. The first-order valence-electron chi connectivity index (χ1n) is 14.2. The molecule has 3 aromatic carbocycles. The minimum atomic E-state index is -1.00. The van der Waals surface area contributed by atoms with Crippen LogP contribution in [-0.2, 0) is 14.4 Å². The van der Waals surface area contributed by atoms with Crippen molar-refractivity contribution in [3.05, 3.63) is 89.0 Å². The number of carbonyl (C=O) groups is 3. The van der Waals surface area contributed by atoms with E-state index in [-0.39, 0.29) is 36.9 Å². The first-order valence-corrected chi connectivity index (χ1v) is 14.2. The number of nitrogens with one attached hydrogen (secondary N) is 1. The molecule has 1 amide bonds. The average molecular weight is 572 g/mol. The molecule has 3 rings (SSSR count). The maximum absolute atomic E-state index is 13.5. The summed E-state index contributed by atoms with van der Waals surface area (Å²) in [5.74, 6) is -1.30. The summed E-state index contributed by atoms with van der Waals surface area (Å²) in [5.41, 5.74) is 4.67. The van der Waals surface area contributed by atoms with Crippen LogP contribution in [0.15, 0.2) is 66.7 Å². The second kappa shape index (κ2) is 15.6. The molecule has 0 spiro atoms. The van der Waals surface area contributed by atoms with E-state index in [1.807, 2.05) is 56.3 Å². The van der Waals surface area contributed by atoms with E-state index in [0.717, 1.165) is 11.1 Å². The van der Waals surface area contributed by atoms with Crippen LogP contribution in [0.5, 0.6) is 11.5 Å². The fourth-order valence-electron chi connectivity index (χ4n) is 5.01. The molecule has 0 heterocycles. The first-order chi connectivity index (χ1) is 20.1. The highest BCUT2D eigenvalue weighted by Crippen LogP contribution is 2.34. The Morgan fingerprint density at radius 2 is 1.55 bits per heavy atom. The maximum atomic E-state index is 13.5. The van der Waals surface area contributed by atoms with Gasteiger partial charge in [0.05, 0.1) is 20.6 Å². The molecular formula is C35H41NO6. The van der Waals surface area contributed by atoms with Crippen LogP contribution in [0, 0.1) is 18.8 Å².